The van der Waals surface area contributed by atoms with E-state index in [2.05, 4.69) is 0 Å². The summed E-state index contributed by atoms with van der Waals surface area (Å²) in [4.78, 5) is 0. The van der Waals surface area contributed by atoms with E-state index in [1.54, 1.807) is 17.5 Å². The summed E-state index contributed by atoms with van der Waals surface area (Å²) in [6.45, 7) is 5.80. The van der Waals surface area contributed by atoms with E-state index in [9.17, 15) is 8.42 Å². The lowest BCUT2D eigenvalue weighted by molar-refractivity contribution is -0.299. The van der Waals surface area contributed by atoms with Gasteiger partial charge in [0.2, 0.25) is 0 Å². The summed E-state index contributed by atoms with van der Waals surface area (Å²) in [5.74, 6) is -0.557. The van der Waals surface area contributed by atoms with Crippen LogP contribution in [-0.2, 0) is 19.5 Å². The van der Waals surface area contributed by atoms with E-state index in [1.165, 1.54) is 15.6 Å². The van der Waals surface area contributed by atoms with Gasteiger partial charge in [-0.25, -0.2) is 8.42 Å². The first kappa shape index (κ1) is 13.5. The van der Waals surface area contributed by atoms with E-state index in [4.69, 9.17) is 9.47 Å². The number of nitrogens with zero attached hydrogens (tertiary/aromatic N) is 1. The van der Waals surface area contributed by atoms with Gasteiger partial charge in [0.15, 0.2) is 5.79 Å². The Labute approximate surface area is 117 Å². The predicted molar refractivity (Wildman–Crippen MR) is 71.5 cm³/mol. The lowest BCUT2D eigenvalue weighted by Crippen LogP contribution is -2.65. The second-order valence-corrected chi connectivity index (χ2v) is 8.79. The third kappa shape index (κ3) is 2.34. The molecule has 2 aliphatic heterocycles. The van der Waals surface area contributed by atoms with Gasteiger partial charge in [-0.05, 0) is 25.3 Å². The molecule has 0 aromatic carbocycles. The summed E-state index contributed by atoms with van der Waals surface area (Å²) in [5, 5.41) is 1.78. The summed E-state index contributed by atoms with van der Waals surface area (Å²) in [7, 11) is -3.32. The van der Waals surface area contributed by atoms with Crippen LogP contribution in [0.3, 0.4) is 0 Å². The van der Waals surface area contributed by atoms with Crippen molar-refractivity contribution in [2.24, 2.45) is 5.41 Å². The molecule has 0 amide bonds. The number of hydrogen-bond donors (Lipinski definition) is 0. The van der Waals surface area contributed by atoms with Gasteiger partial charge in [-0.1, -0.05) is 6.07 Å². The van der Waals surface area contributed by atoms with Gasteiger partial charge in [0, 0.05) is 18.5 Å². The summed E-state index contributed by atoms with van der Waals surface area (Å²) >= 11 is 1.25. The number of sulfonamides is 1. The molecule has 3 rings (SSSR count). The summed E-state index contributed by atoms with van der Waals surface area (Å²) in [5.41, 5.74) is -0.167. The Morgan fingerprint density at radius 1 is 1.26 bits per heavy atom. The van der Waals surface area contributed by atoms with E-state index in [-0.39, 0.29) is 5.41 Å². The van der Waals surface area contributed by atoms with Crippen LogP contribution in [0.15, 0.2) is 21.7 Å². The summed E-state index contributed by atoms with van der Waals surface area (Å²) in [6, 6.07) is 3.39. The van der Waals surface area contributed by atoms with Crippen molar-refractivity contribution in [1.82, 2.24) is 4.31 Å². The van der Waals surface area contributed by atoms with E-state index in [0.717, 1.165) is 0 Å². The molecule has 2 aliphatic rings. The standard InChI is InChI=1S/C12H17NO4S2/c1-11(2)16-8-12(9-17-11)6-13(7-12)19(14,15)10-4-3-5-18-10/h3-5H,6-9H2,1-2H3. The first-order valence-corrected chi connectivity index (χ1v) is 8.47. The average molecular weight is 303 g/mol. The first-order chi connectivity index (χ1) is 8.83. The smallest absolute Gasteiger partial charge is 0.252 e. The quantitative estimate of drug-likeness (QED) is 0.831. The van der Waals surface area contributed by atoms with E-state index in [0.29, 0.717) is 30.5 Å². The predicted octanol–water partition coefficient (Wildman–Crippen LogP) is 1.52. The van der Waals surface area contributed by atoms with Crippen molar-refractivity contribution in [3.05, 3.63) is 17.5 Å². The number of rotatable bonds is 2. The van der Waals surface area contributed by atoms with Crippen LogP contribution in [-0.4, -0.2) is 44.8 Å². The maximum Gasteiger partial charge on any atom is 0.252 e. The zero-order valence-electron chi connectivity index (χ0n) is 11.0. The van der Waals surface area contributed by atoms with Crippen molar-refractivity contribution in [1.29, 1.82) is 0 Å². The Morgan fingerprint density at radius 3 is 2.42 bits per heavy atom. The molecule has 5 nitrogen and oxygen atoms in total. The molecule has 19 heavy (non-hydrogen) atoms. The van der Waals surface area contributed by atoms with Gasteiger partial charge in [0.25, 0.3) is 10.0 Å². The average Bonchev–Trinajstić information content (AvgIpc) is 2.80. The highest BCUT2D eigenvalue weighted by atomic mass is 32.2. The van der Waals surface area contributed by atoms with Crippen LogP contribution >= 0.6 is 11.3 Å². The molecular formula is C12H17NO4S2. The fourth-order valence-electron chi connectivity index (χ4n) is 2.33. The minimum atomic E-state index is -3.32. The molecule has 0 N–H and O–H groups in total. The fourth-order valence-corrected chi connectivity index (χ4v) is 5.14. The fraction of sp³-hybridized carbons (Fsp3) is 0.667. The van der Waals surface area contributed by atoms with Gasteiger partial charge >= 0.3 is 0 Å². The highest BCUT2D eigenvalue weighted by Crippen LogP contribution is 2.40. The van der Waals surface area contributed by atoms with Crippen LogP contribution in [0.5, 0.6) is 0 Å². The lowest BCUT2D eigenvalue weighted by atomic mass is 9.82. The van der Waals surface area contributed by atoms with Crippen LogP contribution in [0, 0.1) is 5.41 Å². The molecule has 0 atom stereocenters. The molecule has 1 spiro atoms. The second kappa shape index (κ2) is 4.26. The highest BCUT2D eigenvalue weighted by Gasteiger charge is 2.52. The van der Waals surface area contributed by atoms with Crippen LogP contribution in [0.4, 0.5) is 0 Å². The second-order valence-electron chi connectivity index (χ2n) is 5.68. The Morgan fingerprint density at radius 2 is 1.89 bits per heavy atom. The van der Waals surface area contributed by atoms with Crippen molar-refractivity contribution in [2.75, 3.05) is 26.3 Å². The Kier molecular flexibility index (Phi) is 3.03. The van der Waals surface area contributed by atoms with Gasteiger partial charge in [0.1, 0.15) is 4.21 Å². The molecule has 2 saturated heterocycles. The molecule has 0 aliphatic carbocycles. The molecule has 7 heteroatoms. The van der Waals surface area contributed by atoms with Gasteiger partial charge < -0.3 is 9.47 Å². The largest absolute Gasteiger partial charge is 0.350 e. The highest BCUT2D eigenvalue weighted by molar-refractivity contribution is 7.91. The van der Waals surface area contributed by atoms with Crippen LogP contribution in [0.1, 0.15) is 13.8 Å². The van der Waals surface area contributed by atoms with Crippen molar-refractivity contribution in [3.8, 4) is 0 Å². The van der Waals surface area contributed by atoms with E-state index < -0.39 is 15.8 Å². The Bertz CT molecular complexity index is 547. The van der Waals surface area contributed by atoms with Crippen molar-refractivity contribution < 1.29 is 17.9 Å². The summed E-state index contributed by atoms with van der Waals surface area (Å²) in [6.07, 6.45) is 0. The Balaban J connectivity index is 1.68. The number of thiophene rings is 1. The van der Waals surface area contributed by atoms with Crippen molar-refractivity contribution in [3.63, 3.8) is 0 Å². The number of hydrogen-bond acceptors (Lipinski definition) is 5. The van der Waals surface area contributed by atoms with Gasteiger partial charge in [-0.3, -0.25) is 0 Å². The molecule has 106 valence electrons. The normalized spacial score (nSPS) is 26.2. The minimum absolute atomic E-state index is 0.167. The Hall–Kier alpha value is -0.470. The van der Waals surface area contributed by atoms with Crippen LogP contribution in [0.25, 0.3) is 0 Å². The van der Waals surface area contributed by atoms with Gasteiger partial charge in [0.05, 0.1) is 13.2 Å². The SMILES string of the molecule is CC1(C)OCC2(CO1)CN(S(=O)(=O)c1cccs1)C2. The number of ether oxygens (including phenoxy) is 2. The third-order valence-electron chi connectivity index (χ3n) is 3.56. The van der Waals surface area contributed by atoms with Crippen molar-refractivity contribution >= 4 is 21.4 Å². The van der Waals surface area contributed by atoms with E-state index >= 15 is 0 Å². The monoisotopic (exact) mass is 303 g/mol. The maximum atomic E-state index is 12.3. The molecule has 0 saturated carbocycles. The van der Waals surface area contributed by atoms with Crippen LogP contribution < -0.4 is 0 Å². The lowest BCUT2D eigenvalue weighted by Gasteiger charge is -2.53. The van der Waals surface area contributed by atoms with Crippen molar-refractivity contribution in [2.45, 2.75) is 23.8 Å². The zero-order chi connectivity index (χ0) is 13.7. The molecule has 1 aromatic heterocycles. The maximum absolute atomic E-state index is 12.3. The molecule has 1 aromatic rings. The molecule has 3 heterocycles. The molecule has 0 bridgehead atoms. The van der Waals surface area contributed by atoms with Gasteiger partial charge in [-0.2, -0.15) is 4.31 Å². The molecule has 2 fully saturated rings. The minimum Gasteiger partial charge on any atom is -0.350 e. The summed E-state index contributed by atoms with van der Waals surface area (Å²) < 4.78 is 37.7. The van der Waals surface area contributed by atoms with Gasteiger partial charge in [-0.15, -0.1) is 11.3 Å². The molecule has 0 unspecified atom stereocenters. The van der Waals surface area contributed by atoms with Crippen LogP contribution in [0.2, 0.25) is 0 Å². The third-order valence-corrected chi connectivity index (χ3v) is 6.73. The van der Waals surface area contributed by atoms with E-state index in [1.807, 2.05) is 13.8 Å². The topological polar surface area (TPSA) is 55.8 Å². The zero-order valence-corrected chi connectivity index (χ0v) is 12.6. The molecular weight excluding hydrogens is 286 g/mol. The molecule has 0 radical (unpaired) electrons. The first-order valence-electron chi connectivity index (χ1n) is 6.15.